The molecular formula is C15H15N3O2. The highest BCUT2D eigenvalue weighted by Gasteiger charge is 2.08. The van der Waals surface area contributed by atoms with Gasteiger partial charge in [-0.05, 0) is 43.3 Å². The number of hydrogen-bond donors (Lipinski definition) is 2. The quantitative estimate of drug-likeness (QED) is 0.708. The van der Waals surface area contributed by atoms with Crippen LogP contribution in [-0.4, -0.2) is 11.6 Å². The second-order valence-corrected chi connectivity index (χ2v) is 4.30. The normalized spacial score (nSPS) is 10.7. The molecule has 0 aliphatic carbocycles. The van der Waals surface area contributed by atoms with Gasteiger partial charge in [-0.3, -0.25) is 0 Å². The van der Waals surface area contributed by atoms with Gasteiger partial charge in [-0.25, -0.2) is 0 Å². The Bertz CT molecular complexity index is 720. The van der Waals surface area contributed by atoms with E-state index < -0.39 is 0 Å². The van der Waals surface area contributed by atoms with Gasteiger partial charge in [0.1, 0.15) is 11.3 Å². The van der Waals surface area contributed by atoms with Crippen molar-refractivity contribution in [2.24, 2.45) is 0 Å². The summed E-state index contributed by atoms with van der Waals surface area (Å²) in [7, 11) is 0. The highest BCUT2D eigenvalue weighted by molar-refractivity contribution is 5.86. The summed E-state index contributed by atoms with van der Waals surface area (Å²) in [5, 5.41) is 3.10. The van der Waals surface area contributed by atoms with Gasteiger partial charge in [-0.15, -0.1) is 0 Å². The van der Waals surface area contributed by atoms with Gasteiger partial charge in [0.2, 0.25) is 0 Å². The summed E-state index contributed by atoms with van der Waals surface area (Å²) in [6.07, 6.45) is 0. The Balaban J connectivity index is 1.83. The first-order valence-electron chi connectivity index (χ1n) is 6.41. The average molecular weight is 269 g/mol. The number of aromatic nitrogens is 1. The van der Waals surface area contributed by atoms with Crippen molar-refractivity contribution >= 4 is 28.5 Å². The zero-order valence-electron chi connectivity index (χ0n) is 11.1. The Morgan fingerprint density at radius 2 is 2.00 bits per heavy atom. The van der Waals surface area contributed by atoms with Crippen LogP contribution in [0.25, 0.3) is 11.1 Å². The fourth-order valence-electron chi connectivity index (χ4n) is 1.95. The van der Waals surface area contributed by atoms with Gasteiger partial charge in [0.05, 0.1) is 12.3 Å². The lowest BCUT2D eigenvalue weighted by Crippen LogP contribution is -1.93. The van der Waals surface area contributed by atoms with Crippen LogP contribution in [-0.2, 0) is 0 Å². The largest absolute Gasteiger partial charge is 0.494 e. The predicted octanol–water partition coefficient (Wildman–Crippen LogP) is 3.55. The molecule has 3 rings (SSSR count). The maximum atomic E-state index is 5.85. The second kappa shape index (κ2) is 5.13. The minimum absolute atomic E-state index is 0.419. The molecule has 0 spiro atoms. The molecule has 0 aliphatic rings. The van der Waals surface area contributed by atoms with Crippen LogP contribution in [0.4, 0.5) is 17.4 Å². The number of nitrogens with one attached hydrogen (secondary N) is 1. The Morgan fingerprint density at radius 3 is 2.70 bits per heavy atom. The molecule has 1 heterocycles. The zero-order chi connectivity index (χ0) is 13.9. The van der Waals surface area contributed by atoms with E-state index in [2.05, 4.69) is 10.3 Å². The lowest BCUT2D eigenvalue weighted by molar-refractivity contribution is 0.340. The molecule has 5 heteroatoms. The van der Waals surface area contributed by atoms with Crippen molar-refractivity contribution in [2.45, 2.75) is 6.92 Å². The number of ether oxygens (including phenoxy) is 1. The van der Waals surface area contributed by atoms with Crippen LogP contribution in [0.3, 0.4) is 0 Å². The maximum Gasteiger partial charge on any atom is 0.300 e. The summed E-state index contributed by atoms with van der Waals surface area (Å²) in [4.78, 5) is 4.33. The molecule has 0 radical (unpaired) electrons. The predicted molar refractivity (Wildman–Crippen MR) is 79.3 cm³/mol. The molecule has 1 aromatic heterocycles. The van der Waals surface area contributed by atoms with E-state index in [1.54, 1.807) is 6.07 Å². The molecule has 102 valence electrons. The average Bonchev–Trinajstić information content (AvgIpc) is 2.85. The highest BCUT2D eigenvalue weighted by atomic mass is 16.5. The number of benzene rings is 2. The second-order valence-electron chi connectivity index (χ2n) is 4.30. The Labute approximate surface area is 116 Å². The monoisotopic (exact) mass is 269 g/mol. The van der Waals surface area contributed by atoms with Crippen molar-refractivity contribution in [1.29, 1.82) is 0 Å². The van der Waals surface area contributed by atoms with E-state index in [9.17, 15) is 0 Å². The molecule has 0 bridgehead atoms. The van der Waals surface area contributed by atoms with E-state index in [0.717, 1.165) is 11.4 Å². The fraction of sp³-hybridized carbons (Fsp3) is 0.133. The molecular weight excluding hydrogens is 254 g/mol. The molecule has 3 aromatic rings. The third kappa shape index (κ3) is 2.38. The Kier molecular flexibility index (Phi) is 3.16. The van der Waals surface area contributed by atoms with Crippen LogP contribution in [0.2, 0.25) is 0 Å². The summed E-state index contributed by atoms with van der Waals surface area (Å²) >= 11 is 0. The fourth-order valence-corrected chi connectivity index (χ4v) is 1.95. The molecule has 0 aliphatic heterocycles. The smallest absolute Gasteiger partial charge is 0.300 e. The summed E-state index contributed by atoms with van der Waals surface area (Å²) in [6, 6.07) is 13.5. The maximum absolute atomic E-state index is 5.85. The van der Waals surface area contributed by atoms with Crippen molar-refractivity contribution in [3.8, 4) is 5.75 Å². The minimum Gasteiger partial charge on any atom is -0.494 e. The number of anilines is 3. The Hall–Kier alpha value is -2.69. The van der Waals surface area contributed by atoms with Crippen molar-refractivity contribution in [2.75, 3.05) is 17.7 Å². The van der Waals surface area contributed by atoms with Crippen LogP contribution in [0, 0.1) is 0 Å². The lowest BCUT2D eigenvalue weighted by atomic mass is 10.3. The van der Waals surface area contributed by atoms with Crippen molar-refractivity contribution < 1.29 is 9.15 Å². The molecule has 0 amide bonds. The van der Waals surface area contributed by atoms with Crippen molar-refractivity contribution in [3.05, 3.63) is 42.5 Å². The number of oxazole rings is 1. The minimum atomic E-state index is 0.419. The zero-order valence-corrected chi connectivity index (χ0v) is 11.1. The van der Waals surface area contributed by atoms with Crippen LogP contribution in [0.15, 0.2) is 46.9 Å². The summed E-state index contributed by atoms with van der Waals surface area (Å²) in [5.41, 5.74) is 8.66. The standard InChI is InChI=1S/C15H15N3O2/c1-2-19-11-8-6-10(7-9-11)17-15-18-14-12(16)4-3-5-13(14)20-15/h3-9H,2,16H2,1H3,(H,17,18). The van der Waals surface area contributed by atoms with Gasteiger partial charge < -0.3 is 20.2 Å². The topological polar surface area (TPSA) is 73.3 Å². The van der Waals surface area contributed by atoms with E-state index in [4.69, 9.17) is 14.9 Å². The summed E-state index contributed by atoms with van der Waals surface area (Å²) in [6.45, 7) is 2.60. The Morgan fingerprint density at radius 1 is 1.20 bits per heavy atom. The first-order valence-corrected chi connectivity index (χ1v) is 6.41. The van der Waals surface area contributed by atoms with E-state index >= 15 is 0 Å². The van der Waals surface area contributed by atoms with Crippen LogP contribution < -0.4 is 15.8 Å². The molecule has 0 fully saturated rings. The van der Waals surface area contributed by atoms with Crippen LogP contribution >= 0.6 is 0 Å². The number of hydrogen-bond acceptors (Lipinski definition) is 5. The van der Waals surface area contributed by atoms with E-state index in [1.165, 1.54) is 0 Å². The number of para-hydroxylation sites is 1. The number of nitrogens with two attached hydrogens (primary N) is 1. The number of fused-ring (bicyclic) bond motifs is 1. The van der Waals surface area contributed by atoms with Crippen molar-refractivity contribution in [3.63, 3.8) is 0 Å². The molecule has 2 aromatic carbocycles. The number of nitrogen functional groups attached to an aromatic ring is 1. The molecule has 0 saturated heterocycles. The van der Waals surface area contributed by atoms with E-state index in [0.29, 0.717) is 29.4 Å². The van der Waals surface area contributed by atoms with E-state index in [-0.39, 0.29) is 0 Å². The summed E-state index contributed by atoms with van der Waals surface area (Å²) in [5.74, 6) is 0.833. The molecule has 0 saturated carbocycles. The van der Waals surface area contributed by atoms with Gasteiger partial charge in [0.15, 0.2) is 5.58 Å². The van der Waals surface area contributed by atoms with Gasteiger partial charge in [0, 0.05) is 5.69 Å². The van der Waals surface area contributed by atoms with Gasteiger partial charge in [-0.1, -0.05) is 6.07 Å². The number of nitrogens with zero attached hydrogens (tertiary/aromatic N) is 1. The first kappa shape index (κ1) is 12.3. The third-order valence-corrected chi connectivity index (χ3v) is 2.87. The number of rotatable bonds is 4. The molecule has 0 unspecified atom stereocenters. The summed E-state index contributed by atoms with van der Waals surface area (Å²) < 4.78 is 11.0. The lowest BCUT2D eigenvalue weighted by Gasteiger charge is -2.04. The SMILES string of the molecule is CCOc1ccc(Nc2nc3c(N)cccc3o2)cc1. The van der Waals surface area contributed by atoms with Gasteiger partial charge in [-0.2, -0.15) is 4.98 Å². The highest BCUT2D eigenvalue weighted by Crippen LogP contribution is 2.26. The molecule has 20 heavy (non-hydrogen) atoms. The van der Waals surface area contributed by atoms with Gasteiger partial charge in [0.25, 0.3) is 6.01 Å². The van der Waals surface area contributed by atoms with Gasteiger partial charge >= 0.3 is 0 Å². The molecule has 3 N–H and O–H groups in total. The molecule has 0 atom stereocenters. The molecule has 5 nitrogen and oxygen atoms in total. The first-order chi connectivity index (χ1) is 9.76. The third-order valence-electron chi connectivity index (χ3n) is 2.87. The van der Waals surface area contributed by atoms with Crippen LogP contribution in [0.1, 0.15) is 6.92 Å². The van der Waals surface area contributed by atoms with E-state index in [1.807, 2.05) is 43.3 Å². The van der Waals surface area contributed by atoms with Crippen molar-refractivity contribution in [1.82, 2.24) is 4.98 Å². The van der Waals surface area contributed by atoms with Crippen LogP contribution in [0.5, 0.6) is 5.75 Å².